The predicted octanol–water partition coefficient (Wildman–Crippen LogP) is 4.04. The van der Waals surface area contributed by atoms with Crippen molar-refractivity contribution in [3.63, 3.8) is 0 Å². The molecule has 2 nitrogen and oxygen atoms in total. The summed E-state index contributed by atoms with van der Waals surface area (Å²) in [5, 5.41) is 0. The van der Waals surface area contributed by atoms with Gasteiger partial charge in [0.15, 0.2) is 0 Å². The minimum absolute atomic E-state index is 1.04. The molecular formula is C16H14N2S. The summed E-state index contributed by atoms with van der Waals surface area (Å²) in [7, 11) is 0. The van der Waals surface area contributed by atoms with Crippen LogP contribution in [0, 0.1) is 0 Å². The number of benzene rings is 1. The van der Waals surface area contributed by atoms with E-state index >= 15 is 0 Å². The van der Waals surface area contributed by atoms with Crippen LogP contribution < -0.4 is 0 Å². The van der Waals surface area contributed by atoms with Gasteiger partial charge in [-0.3, -0.25) is 4.40 Å². The zero-order chi connectivity index (χ0) is 12.7. The summed E-state index contributed by atoms with van der Waals surface area (Å²) in [5.41, 5.74) is 3.83. The molecule has 0 atom stereocenters. The minimum atomic E-state index is 1.04. The third kappa shape index (κ3) is 1.85. The van der Waals surface area contributed by atoms with Crippen LogP contribution in [0.15, 0.2) is 53.7 Å². The maximum absolute atomic E-state index is 4.57. The van der Waals surface area contributed by atoms with Crippen LogP contribution >= 0.6 is 11.8 Å². The lowest BCUT2D eigenvalue weighted by molar-refractivity contribution is 0.890. The third-order valence-corrected chi connectivity index (χ3v) is 4.81. The molecule has 1 aliphatic heterocycles. The molecule has 3 heteroatoms. The highest BCUT2D eigenvalue weighted by molar-refractivity contribution is 7.99. The number of aryl methyl sites for hydroxylation is 1. The van der Waals surface area contributed by atoms with E-state index in [2.05, 4.69) is 39.8 Å². The van der Waals surface area contributed by atoms with Crippen LogP contribution in [-0.2, 0) is 6.42 Å². The number of fused-ring (bicyclic) bond motifs is 2. The molecule has 0 saturated carbocycles. The summed E-state index contributed by atoms with van der Waals surface area (Å²) in [6, 6.07) is 12.9. The molecule has 3 heterocycles. The monoisotopic (exact) mass is 266 g/mol. The largest absolute Gasteiger partial charge is 0.300 e. The molecule has 0 saturated heterocycles. The van der Waals surface area contributed by atoms with Gasteiger partial charge in [-0.1, -0.05) is 12.1 Å². The van der Waals surface area contributed by atoms with Crippen molar-refractivity contribution in [3.8, 4) is 11.4 Å². The number of pyridine rings is 1. The van der Waals surface area contributed by atoms with E-state index in [-0.39, 0.29) is 0 Å². The van der Waals surface area contributed by atoms with Gasteiger partial charge in [-0.25, -0.2) is 4.98 Å². The van der Waals surface area contributed by atoms with E-state index < -0.39 is 0 Å². The molecule has 0 amide bonds. The fourth-order valence-corrected chi connectivity index (χ4v) is 3.68. The quantitative estimate of drug-likeness (QED) is 0.661. The van der Waals surface area contributed by atoms with Gasteiger partial charge in [0.25, 0.3) is 0 Å². The lowest BCUT2D eigenvalue weighted by Gasteiger charge is -2.15. The number of aromatic nitrogens is 2. The van der Waals surface area contributed by atoms with Gasteiger partial charge in [0, 0.05) is 16.7 Å². The number of nitrogens with zero attached hydrogens (tertiary/aromatic N) is 2. The average Bonchev–Trinajstić information content (AvgIpc) is 2.91. The van der Waals surface area contributed by atoms with E-state index in [0.29, 0.717) is 0 Å². The molecule has 1 aliphatic rings. The highest BCUT2D eigenvalue weighted by Crippen LogP contribution is 2.33. The minimum Gasteiger partial charge on any atom is -0.300 e. The summed E-state index contributed by atoms with van der Waals surface area (Å²) >= 11 is 1.97. The molecule has 0 radical (unpaired) electrons. The fourth-order valence-electron chi connectivity index (χ4n) is 2.66. The molecule has 2 aromatic heterocycles. The van der Waals surface area contributed by atoms with Crippen LogP contribution in [0.5, 0.6) is 0 Å². The lowest BCUT2D eigenvalue weighted by Crippen LogP contribution is -1.99. The maximum Gasteiger partial charge on any atom is 0.144 e. The first-order chi connectivity index (χ1) is 9.42. The van der Waals surface area contributed by atoms with E-state index in [1.165, 1.54) is 34.6 Å². The molecule has 1 aromatic carbocycles. The number of thioether (sulfide) groups is 1. The van der Waals surface area contributed by atoms with Crippen LogP contribution in [-0.4, -0.2) is 15.1 Å². The molecule has 0 bridgehead atoms. The summed E-state index contributed by atoms with van der Waals surface area (Å²) in [4.78, 5) is 6.01. The normalized spacial score (nSPS) is 14.5. The highest BCUT2D eigenvalue weighted by atomic mass is 32.2. The predicted molar refractivity (Wildman–Crippen MR) is 79.7 cm³/mol. The Morgan fingerprint density at radius 1 is 1.16 bits per heavy atom. The molecule has 94 valence electrons. The summed E-state index contributed by atoms with van der Waals surface area (Å²) in [6.07, 6.45) is 6.48. The van der Waals surface area contributed by atoms with Gasteiger partial charge >= 0.3 is 0 Å². The highest BCUT2D eigenvalue weighted by Gasteiger charge is 2.12. The van der Waals surface area contributed by atoms with E-state index in [4.69, 9.17) is 0 Å². The van der Waals surface area contributed by atoms with Gasteiger partial charge < -0.3 is 0 Å². The first kappa shape index (κ1) is 11.1. The smallest absolute Gasteiger partial charge is 0.144 e. The maximum atomic E-state index is 4.57. The lowest BCUT2D eigenvalue weighted by atomic mass is 10.1. The van der Waals surface area contributed by atoms with Crippen molar-refractivity contribution >= 4 is 17.3 Å². The van der Waals surface area contributed by atoms with Crippen molar-refractivity contribution in [1.82, 2.24) is 9.38 Å². The topological polar surface area (TPSA) is 17.3 Å². The Bertz CT molecular complexity index is 745. The molecule has 0 fully saturated rings. The third-order valence-electron chi connectivity index (χ3n) is 3.61. The Balaban J connectivity index is 1.88. The SMILES string of the molecule is c1ccn2c(-c3ccc4c(c3)CCCS4)ncc2c1. The van der Waals surface area contributed by atoms with Gasteiger partial charge in [0.1, 0.15) is 5.82 Å². The van der Waals surface area contributed by atoms with Gasteiger partial charge in [0.2, 0.25) is 0 Å². The molecule has 0 N–H and O–H groups in total. The number of imidazole rings is 1. The molecule has 4 rings (SSSR count). The van der Waals surface area contributed by atoms with Crippen molar-refractivity contribution in [2.24, 2.45) is 0 Å². The molecule has 0 aliphatic carbocycles. The van der Waals surface area contributed by atoms with Crippen molar-refractivity contribution in [2.75, 3.05) is 5.75 Å². The zero-order valence-corrected chi connectivity index (χ0v) is 11.4. The Morgan fingerprint density at radius 3 is 3.16 bits per heavy atom. The first-order valence-corrected chi connectivity index (χ1v) is 7.58. The molecule has 19 heavy (non-hydrogen) atoms. The summed E-state index contributed by atoms with van der Waals surface area (Å²) in [5.74, 6) is 2.28. The summed E-state index contributed by atoms with van der Waals surface area (Å²) in [6.45, 7) is 0. The fraction of sp³-hybridized carbons (Fsp3) is 0.188. The second-order valence-electron chi connectivity index (χ2n) is 4.85. The number of hydrogen-bond donors (Lipinski definition) is 0. The summed E-state index contributed by atoms with van der Waals surface area (Å²) < 4.78 is 2.15. The van der Waals surface area contributed by atoms with Crippen LogP contribution in [0.2, 0.25) is 0 Å². The van der Waals surface area contributed by atoms with Crippen molar-refractivity contribution in [2.45, 2.75) is 17.7 Å². The van der Waals surface area contributed by atoms with Crippen LogP contribution in [0.25, 0.3) is 16.9 Å². The molecular weight excluding hydrogens is 252 g/mol. The van der Waals surface area contributed by atoms with Gasteiger partial charge in [-0.05, 0) is 48.4 Å². The number of rotatable bonds is 1. The standard InChI is InChI=1S/C16H14N2S/c1-2-8-18-14(5-1)11-17-16(18)13-6-7-15-12(10-13)4-3-9-19-15/h1-2,5-8,10-11H,3-4,9H2. The van der Waals surface area contributed by atoms with Crippen LogP contribution in [0.1, 0.15) is 12.0 Å². The van der Waals surface area contributed by atoms with E-state index in [0.717, 1.165) is 11.3 Å². The average molecular weight is 266 g/mol. The Morgan fingerprint density at radius 2 is 2.16 bits per heavy atom. The molecule has 0 spiro atoms. The Labute approximate surface area is 116 Å². The van der Waals surface area contributed by atoms with Gasteiger partial charge in [-0.2, -0.15) is 0 Å². The second kappa shape index (κ2) is 4.42. The van der Waals surface area contributed by atoms with Gasteiger partial charge in [0.05, 0.1) is 11.7 Å². The van der Waals surface area contributed by atoms with E-state index in [1.54, 1.807) is 0 Å². The van der Waals surface area contributed by atoms with Crippen LogP contribution in [0.3, 0.4) is 0 Å². The zero-order valence-electron chi connectivity index (χ0n) is 10.5. The second-order valence-corrected chi connectivity index (χ2v) is 5.99. The van der Waals surface area contributed by atoms with Crippen LogP contribution in [0.4, 0.5) is 0 Å². The Hall–Kier alpha value is -1.74. The molecule has 0 unspecified atom stereocenters. The van der Waals surface area contributed by atoms with Crippen molar-refractivity contribution in [3.05, 3.63) is 54.4 Å². The van der Waals surface area contributed by atoms with Crippen molar-refractivity contribution in [1.29, 1.82) is 0 Å². The molecule has 3 aromatic rings. The van der Waals surface area contributed by atoms with E-state index in [1.807, 2.05) is 30.1 Å². The van der Waals surface area contributed by atoms with Crippen molar-refractivity contribution < 1.29 is 0 Å². The first-order valence-electron chi connectivity index (χ1n) is 6.60. The van der Waals surface area contributed by atoms with E-state index in [9.17, 15) is 0 Å². The van der Waals surface area contributed by atoms with Gasteiger partial charge in [-0.15, -0.1) is 11.8 Å². The Kier molecular flexibility index (Phi) is 2.59. The number of hydrogen-bond acceptors (Lipinski definition) is 2.